The summed E-state index contributed by atoms with van der Waals surface area (Å²) in [5.74, 6) is -0.515. The highest BCUT2D eigenvalue weighted by Gasteiger charge is 2.15. The van der Waals surface area contributed by atoms with Crippen LogP contribution in [-0.2, 0) is 4.74 Å². The van der Waals surface area contributed by atoms with E-state index in [0.29, 0.717) is 11.3 Å². The van der Waals surface area contributed by atoms with Gasteiger partial charge >= 0.3 is 5.97 Å². The molecule has 4 heteroatoms. The first-order valence-corrected chi connectivity index (χ1v) is 3.98. The molecule has 0 fully saturated rings. The lowest BCUT2D eigenvalue weighted by Crippen LogP contribution is -2.07. The van der Waals surface area contributed by atoms with Crippen LogP contribution in [0.15, 0.2) is 12.1 Å². The predicted molar refractivity (Wildman–Crippen MR) is 51.6 cm³/mol. The van der Waals surface area contributed by atoms with Crippen molar-refractivity contribution in [3.05, 3.63) is 28.8 Å². The number of nitrogens with zero attached hydrogens (tertiary/aromatic N) is 1. The minimum Gasteiger partial charge on any atom is -0.465 e. The molecule has 1 aromatic rings. The minimum atomic E-state index is -0.515. The number of carbonyl (C=O) groups is 1. The summed E-state index contributed by atoms with van der Waals surface area (Å²) in [4.78, 5) is 11.3. The number of carbonyl (C=O) groups excluding carboxylic acids is 1. The van der Waals surface area contributed by atoms with Crippen LogP contribution in [0.4, 0.5) is 5.69 Å². The van der Waals surface area contributed by atoms with Crippen molar-refractivity contribution in [1.82, 2.24) is 0 Å². The van der Waals surface area contributed by atoms with Crippen molar-refractivity contribution in [2.45, 2.75) is 6.92 Å². The number of hydrogen-bond donors (Lipinski definition) is 1. The first-order valence-electron chi connectivity index (χ1n) is 3.98. The molecule has 4 nitrogen and oxygen atoms in total. The summed E-state index contributed by atoms with van der Waals surface area (Å²) in [6.45, 7) is 1.71. The Morgan fingerprint density at radius 1 is 1.57 bits per heavy atom. The van der Waals surface area contributed by atoms with Crippen LogP contribution >= 0.6 is 0 Å². The maximum absolute atomic E-state index is 11.3. The second-order valence-corrected chi connectivity index (χ2v) is 2.86. The molecule has 0 atom stereocenters. The number of nitrogen functional groups attached to an aromatic ring is 1. The molecule has 1 aromatic carbocycles. The minimum absolute atomic E-state index is 0.245. The molecule has 0 aliphatic rings. The van der Waals surface area contributed by atoms with Gasteiger partial charge in [-0.25, -0.2) is 4.79 Å². The van der Waals surface area contributed by atoms with Gasteiger partial charge in [-0.05, 0) is 24.6 Å². The van der Waals surface area contributed by atoms with E-state index < -0.39 is 5.97 Å². The number of hydrogen-bond acceptors (Lipinski definition) is 4. The lowest BCUT2D eigenvalue weighted by Gasteiger charge is -2.06. The van der Waals surface area contributed by atoms with Crippen LogP contribution in [0.1, 0.15) is 21.5 Å². The number of ether oxygens (including phenoxy) is 1. The van der Waals surface area contributed by atoms with Crippen LogP contribution in [0.2, 0.25) is 0 Å². The number of rotatable bonds is 1. The van der Waals surface area contributed by atoms with E-state index in [1.54, 1.807) is 13.0 Å². The van der Waals surface area contributed by atoms with Gasteiger partial charge in [0.05, 0.1) is 18.2 Å². The van der Waals surface area contributed by atoms with E-state index in [4.69, 9.17) is 11.0 Å². The largest absolute Gasteiger partial charge is 0.465 e. The van der Waals surface area contributed by atoms with Crippen molar-refractivity contribution < 1.29 is 9.53 Å². The highest BCUT2D eigenvalue weighted by molar-refractivity contribution is 5.94. The van der Waals surface area contributed by atoms with Crippen molar-refractivity contribution >= 4 is 11.7 Å². The third-order valence-corrected chi connectivity index (χ3v) is 1.87. The third kappa shape index (κ3) is 1.67. The Bertz CT molecular complexity index is 419. The van der Waals surface area contributed by atoms with Gasteiger partial charge in [-0.15, -0.1) is 0 Å². The van der Waals surface area contributed by atoms with Gasteiger partial charge in [-0.3, -0.25) is 0 Å². The molecule has 0 bridgehead atoms. The fourth-order valence-corrected chi connectivity index (χ4v) is 1.28. The van der Waals surface area contributed by atoms with E-state index in [1.165, 1.54) is 13.2 Å². The number of methoxy groups -OCH3 is 1. The van der Waals surface area contributed by atoms with Crippen molar-refractivity contribution in [2.75, 3.05) is 12.8 Å². The smallest absolute Gasteiger partial charge is 0.339 e. The van der Waals surface area contributed by atoms with E-state index in [1.807, 2.05) is 6.07 Å². The molecule has 14 heavy (non-hydrogen) atoms. The van der Waals surface area contributed by atoms with Gasteiger partial charge in [0, 0.05) is 5.69 Å². The molecule has 0 aliphatic heterocycles. The zero-order chi connectivity index (χ0) is 10.7. The van der Waals surface area contributed by atoms with E-state index in [9.17, 15) is 4.79 Å². The second kappa shape index (κ2) is 3.79. The standard InChI is InChI=1S/C10H10N2O2/c1-6-3-8(12)4-7(5-11)9(6)10(13)14-2/h3-4H,12H2,1-2H3. The maximum atomic E-state index is 11.3. The van der Waals surface area contributed by atoms with Gasteiger partial charge < -0.3 is 10.5 Å². The lowest BCUT2D eigenvalue weighted by molar-refractivity contribution is 0.0599. The molecular formula is C10H10N2O2. The van der Waals surface area contributed by atoms with Crippen LogP contribution in [0.5, 0.6) is 0 Å². The fraction of sp³-hybridized carbons (Fsp3) is 0.200. The van der Waals surface area contributed by atoms with E-state index in [0.717, 1.165) is 0 Å². The number of anilines is 1. The van der Waals surface area contributed by atoms with Gasteiger partial charge in [0.25, 0.3) is 0 Å². The molecule has 0 radical (unpaired) electrons. The number of esters is 1. The molecule has 72 valence electrons. The van der Waals surface area contributed by atoms with E-state index in [2.05, 4.69) is 4.74 Å². The second-order valence-electron chi connectivity index (χ2n) is 2.86. The molecule has 0 heterocycles. The number of benzene rings is 1. The van der Waals surface area contributed by atoms with Crippen LogP contribution in [-0.4, -0.2) is 13.1 Å². The van der Waals surface area contributed by atoms with Crippen LogP contribution < -0.4 is 5.73 Å². The highest BCUT2D eigenvalue weighted by atomic mass is 16.5. The molecule has 0 unspecified atom stereocenters. The summed E-state index contributed by atoms with van der Waals surface area (Å²) < 4.78 is 4.57. The summed E-state index contributed by atoms with van der Waals surface area (Å²) in [7, 11) is 1.28. The average molecular weight is 190 g/mol. The maximum Gasteiger partial charge on any atom is 0.339 e. The predicted octanol–water partition coefficient (Wildman–Crippen LogP) is 1.24. The third-order valence-electron chi connectivity index (χ3n) is 1.87. The molecule has 0 aromatic heterocycles. The van der Waals surface area contributed by atoms with Crippen molar-refractivity contribution in [3.63, 3.8) is 0 Å². The zero-order valence-electron chi connectivity index (χ0n) is 8.00. The van der Waals surface area contributed by atoms with Crippen LogP contribution in [0, 0.1) is 18.3 Å². The number of nitriles is 1. The Labute approximate surface area is 81.9 Å². The zero-order valence-corrected chi connectivity index (χ0v) is 8.00. The normalized spacial score (nSPS) is 9.21. The molecule has 0 amide bonds. The first kappa shape index (κ1) is 10.1. The lowest BCUT2D eigenvalue weighted by atomic mass is 10.0. The summed E-state index contributed by atoms with van der Waals surface area (Å²) in [5.41, 5.74) is 7.18. The monoisotopic (exact) mass is 190 g/mol. The van der Waals surface area contributed by atoms with E-state index >= 15 is 0 Å². The number of nitrogens with two attached hydrogens (primary N) is 1. The van der Waals surface area contributed by atoms with Crippen molar-refractivity contribution in [3.8, 4) is 6.07 Å². The Morgan fingerprint density at radius 3 is 2.71 bits per heavy atom. The molecule has 1 rings (SSSR count). The Kier molecular flexibility index (Phi) is 2.73. The SMILES string of the molecule is COC(=O)c1c(C)cc(N)cc1C#N. The Balaban J connectivity index is 3.42. The van der Waals surface area contributed by atoms with Gasteiger partial charge in [0.2, 0.25) is 0 Å². The van der Waals surface area contributed by atoms with Crippen LogP contribution in [0.3, 0.4) is 0 Å². The Hall–Kier alpha value is -2.02. The van der Waals surface area contributed by atoms with Gasteiger partial charge in [-0.1, -0.05) is 0 Å². The highest BCUT2D eigenvalue weighted by Crippen LogP contribution is 2.18. The molecule has 0 saturated carbocycles. The summed E-state index contributed by atoms with van der Waals surface area (Å²) in [6.07, 6.45) is 0. The van der Waals surface area contributed by atoms with Gasteiger partial charge in [0.1, 0.15) is 6.07 Å². The van der Waals surface area contributed by atoms with Gasteiger partial charge in [-0.2, -0.15) is 5.26 Å². The molecule has 2 N–H and O–H groups in total. The molecule has 0 aliphatic carbocycles. The van der Waals surface area contributed by atoms with E-state index in [-0.39, 0.29) is 11.1 Å². The van der Waals surface area contributed by atoms with Crippen LogP contribution in [0.25, 0.3) is 0 Å². The first-order chi connectivity index (χ1) is 6.60. The molecule has 0 saturated heterocycles. The average Bonchev–Trinajstić information content (AvgIpc) is 2.15. The van der Waals surface area contributed by atoms with Crippen molar-refractivity contribution in [2.24, 2.45) is 0 Å². The topological polar surface area (TPSA) is 76.1 Å². The summed E-state index contributed by atoms with van der Waals surface area (Å²) >= 11 is 0. The molecule has 0 spiro atoms. The van der Waals surface area contributed by atoms with Crippen molar-refractivity contribution in [1.29, 1.82) is 5.26 Å². The van der Waals surface area contributed by atoms with Gasteiger partial charge in [0.15, 0.2) is 0 Å². The quantitative estimate of drug-likeness (QED) is 0.533. The molecular weight excluding hydrogens is 180 g/mol. The summed E-state index contributed by atoms with van der Waals surface area (Å²) in [6, 6.07) is 5.00. The Morgan fingerprint density at radius 2 is 2.21 bits per heavy atom. The summed E-state index contributed by atoms with van der Waals surface area (Å²) in [5, 5.41) is 8.80. The fourth-order valence-electron chi connectivity index (χ4n) is 1.28. The number of aryl methyl sites for hydroxylation is 1.